The van der Waals surface area contributed by atoms with Gasteiger partial charge in [0, 0.05) is 25.0 Å². The molecule has 0 radical (unpaired) electrons. The molecule has 1 aliphatic carbocycles. The molecule has 1 amide bonds. The van der Waals surface area contributed by atoms with E-state index in [0.29, 0.717) is 10.5 Å². The highest BCUT2D eigenvalue weighted by atomic mass is 32.1. The molecule has 24 heavy (non-hydrogen) atoms. The molecule has 6 nitrogen and oxygen atoms in total. The Kier molecular flexibility index (Phi) is 3.60. The van der Waals surface area contributed by atoms with E-state index in [1.54, 1.807) is 12.4 Å². The van der Waals surface area contributed by atoms with Gasteiger partial charge >= 0.3 is 6.03 Å². The summed E-state index contributed by atoms with van der Waals surface area (Å²) in [6, 6.07) is 0.0158. The average molecular weight is 341 g/mol. The van der Waals surface area contributed by atoms with Crippen LogP contribution in [0.15, 0.2) is 29.8 Å². The van der Waals surface area contributed by atoms with E-state index < -0.39 is 0 Å². The van der Waals surface area contributed by atoms with Gasteiger partial charge in [-0.1, -0.05) is 24.3 Å². The molecule has 1 N–H and O–H groups in total. The SMILES string of the molecule is Cc1nc(NC(=O)n2ccnc2)sc1C1=CC(C2(C)CC2)N=CC1. The van der Waals surface area contributed by atoms with E-state index in [2.05, 4.69) is 33.3 Å². The largest absolute Gasteiger partial charge is 0.333 e. The van der Waals surface area contributed by atoms with Crippen molar-refractivity contribution >= 4 is 34.3 Å². The second kappa shape index (κ2) is 5.66. The van der Waals surface area contributed by atoms with Crippen molar-refractivity contribution in [2.24, 2.45) is 10.4 Å². The van der Waals surface area contributed by atoms with Crippen LogP contribution in [0, 0.1) is 12.3 Å². The van der Waals surface area contributed by atoms with E-state index in [-0.39, 0.29) is 12.1 Å². The zero-order chi connectivity index (χ0) is 16.7. The third-order valence-electron chi connectivity index (χ3n) is 4.73. The second-order valence-corrected chi connectivity index (χ2v) is 7.66. The number of hydrogen-bond donors (Lipinski definition) is 1. The number of aryl methyl sites for hydroxylation is 1. The maximum atomic E-state index is 12.1. The molecule has 1 fully saturated rings. The molecule has 1 saturated carbocycles. The van der Waals surface area contributed by atoms with Gasteiger partial charge < -0.3 is 0 Å². The predicted octanol–water partition coefficient (Wildman–Crippen LogP) is 3.75. The van der Waals surface area contributed by atoms with E-state index in [4.69, 9.17) is 0 Å². The van der Waals surface area contributed by atoms with Gasteiger partial charge in [-0.05, 0) is 30.8 Å². The Bertz CT molecular complexity index is 829. The summed E-state index contributed by atoms with van der Waals surface area (Å²) in [4.78, 5) is 26.3. The van der Waals surface area contributed by atoms with Crippen LogP contribution in [-0.2, 0) is 0 Å². The van der Waals surface area contributed by atoms with Gasteiger partial charge in [0.05, 0.1) is 16.6 Å². The van der Waals surface area contributed by atoms with Crippen molar-refractivity contribution in [2.45, 2.75) is 39.2 Å². The average Bonchev–Trinajstić information content (AvgIpc) is 3.00. The number of nitrogens with one attached hydrogen (secondary N) is 1. The van der Waals surface area contributed by atoms with Crippen LogP contribution in [0.25, 0.3) is 5.57 Å². The Morgan fingerprint density at radius 1 is 1.46 bits per heavy atom. The molecule has 3 heterocycles. The van der Waals surface area contributed by atoms with Crippen molar-refractivity contribution in [1.29, 1.82) is 0 Å². The van der Waals surface area contributed by atoms with Crippen LogP contribution >= 0.6 is 11.3 Å². The van der Waals surface area contributed by atoms with Crippen molar-refractivity contribution < 1.29 is 4.79 Å². The van der Waals surface area contributed by atoms with Gasteiger partial charge in [0.1, 0.15) is 6.33 Å². The van der Waals surface area contributed by atoms with E-state index in [1.807, 2.05) is 13.1 Å². The van der Waals surface area contributed by atoms with Crippen molar-refractivity contribution in [1.82, 2.24) is 14.5 Å². The van der Waals surface area contributed by atoms with Gasteiger partial charge in [-0.15, -0.1) is 0 Å². The first kappa shape index (κ1) is 15.3. The van der Waals surface area contributed by atoms with Crippen molar-refractivity contribution in [2.75, 3.05) is 5.32 Å². The lowest BCUT2D eigenvalue weighted by molar-refractivity contribution is 0.253. The number of thiazole rings is 1. The lowest BCUT2D eigenvalue weighted by atomic mass is 9.93. The molecular weight excluding hydrogens is 322 g/mol. The topological polar surface area (TPSA) is 72.2 Å². The summed E-state index contributed by atoms with van der Waals surface area (Å²) in [5, 5.41) is 3.44. The lowest BCUT2D eigenvalue weighted by Crippen LogP contribution is -2.17. The number of carbonyl (C=O) groups excluding carboxylic acids is 1. The molecule has 1 aliphatic heterocycles. The Labute approximate surface area is 144 Å². The van der Waals surface area contributed by atoms with Crippen LogP contribution in [0.2, 0.25) is 0 Å². The molecular formula is C17H19N5OS. The van der Waals surface area contributed by atoms with Crippen LogP contribution in [0.4, 0.5) is 9.93 Å². The van der Waals surface area contributed by atoms with E-state index in [1.165, 1.54) is 40.6 Å². The number of nitrogens with zero attached hydrogens (tertiary/aromatic N) is 4. The first-order valence-electron chi connectivity index (χ1n) is 8.05. The first-order chi connectivity index (χ1) is 11.5. The third kappa shape index (κ3) is 2.80. The van der Waals surface area contributed by atoms with Gasteiger partial charge in [-0.3, -0.25) is 14.9 Å². The number of amides is 1. The summed E-state index contributed by atoms with van der Waals surface area (Å²) in [5.41, 5.74) is 2.54. The molecule has 0 aromatic carbocycles. The number of carbonyl (C=O) groups is 1. The molecule has 2 aromatic heterocycles. The lowest BCUT2D eigenvalue weighted by Gasteiger charge is -2.20. The monoisotopic (exact) mass is 341 g/mol. The molecule has 0 bridgehead atoms. The summed E-state index contributed by atoms with van der Waals surface area (Å²) >= 11 is 1.52. The number of rotatable bonds is 3. The normalized spacial score (nSPS) is 21.4. The molecule has 0 spiro atoms. The maximum absolute atomic E-state index is 12.1. The summed E-state index contributed by atoms with van der Waals surface area (Å²) in [7, 11) is 0. The van der Waals surface area contributed by atoms with Crippen molar-refractivity contribution in [3.8, 4) is 0 Å². The van der Waals surface area contributed by atoms with Gasteiger partial charge in [0.2, 0.25) is 0 Å². The number of hydrogen-bond acceptors (Lipinski definition) is 5. The smallest absolute Gasteiger partial charge is 0.289 e. The fourth-order valence-corrected chi connectivity index (χ4v) is 3.88. The highest BCUT2D eigenvalue weighted by Gasteiger charge is 2.44. The first-order valence-corrected chi connectivity index (χ1v) is 8.86. The van der Waals surface area contributed by atoms with Crippen molar-refractivity contribution in [3.05, 3.63) is 35.4 Å². The van der Waals surface area contributed by atoms with Crippen LogP contribution in [0.5, 0.6) is 0 Å². The van der Waals surface area contributed by atoms with E-state index in [9.17, 15) is 4.79 Å². The summed E-state index contributed by atoms with van der Waals surface area (Å²) in [5.74, 6) is 0. The van der Waals surface area contributed by atoms with Gasteiger partial charge in [-0.2, -0.15) is 0 Å². The highest BCUT2D eigenvalue weighted by Crippen LogP contribution is 2.51. The molecule has 7 heteroatoms. The van der Waals surface area contributed by atoms with Gasteiger partial charge in [0.25, 0.3) is 0 Å². The van der Waals surface area contributed by atoms with Gasteiger partial charge in [0.15, 0.2) is 5.13 Å². The Balaban J connectivity index is 1.55. The van der Waals surface area contributed by atoms with E-state index >= 15 is 0 Å². The molecule has 1 atom stereocenters. The second-order valence-electron chi connectivity index (χ2n) is 6.66. The minimum atomic E-state index is -0.254. The fraction of sp³-hybridized carbons (Fsp3) is 0.412. The minimum absolute atomic E-state index is 0.254. The maximum Gasteiger partial charge on any atom is 0.333 e. The summed E-state index contributed by atoms with van der Waals surface area (Å²) < 4.78 is 1.40. The number of imidazole rings is 1. The molecule has 1 unspecified atom stereocenters. The fourth-order valence-electron chi connectivity index (χ4n) is 2.89. The molecule has 0 saturated heterocycles. The zero-order valence-corrected chi connectivity index (χ0v) is 14.5. The van der Waals surface area contributed by atoms with Crippen molar-refractivity contribution in [3.63, 3.8) is 0 Å². The number of allylic oxidation sites excluding steroid dienone is 1. The van der Waals surface area contributed by atoms with E-state index in [0.717, 1.165) is 17.0 Å². The van der Waals surface area contributed by atoms with Gasteiger partial charge in [-0.25, -0.2) is 14.8 Å². The number of dihydropyridines is 1. The Hall–Kier alpha value is -2.28. The number of anilines is 1. The van der Waals surface area contributed by atoms with Crippen LogP contribution < -0.4 is 5.32 Å². The van der Waals surface area contributed by atoms with Crippen LogP contribution in [-0.4, -0.2) is 32.8 Å². The molecule has 2 aromatic rings. The summed E-state index contributed by atoms with van der Waals surface area (Å²) in [6.07, 6.45) is 12.3. The minimum Gasteiger partial charge on any atom is -0.289 e. The molecule has 4 rings (SSSR count). The Morgan fingerprint density at radius 3 is 3.00 bits per heavy atom. The predicted molar refractivity (Wildman–Crippen MR) is 95.7 cm³/mol. The highest BCUT2D eigenvalue weighted by molar-refractivity contribution is 7.17. The number of aromatic nitrogens is 3. The Morgan fingerprint density at radius 2 is 2.29 bits per heavy atom. The molecule has 124 valence electrons. The third-order valence-corrected chi connectivity index (χ3v) is 5.88. The van der Waals surface area contributed by atoms with Crippen LogP contribution in [0.1, 0.15) is 36.8 Å². The summed E-state index contributed by atoms with van der Waals surface area (Å²) in [6.45, 7) is 4.28. The standard InChI is InChI=1S/C17H19N5OS/c1-11-14(12-3-6-19-13(9-12)17(2)4-5-17)24-15(20-11)21-16(23)22-8-7-18-10-22/h6-10,13H,3-5H2,1-2H3,(H,20,21,23). The number of aliphatic imine (C=N–C) groups is 1. The van der Waals surface area contributed by atoms with Crippen LogP contribution in [0.3, 0.4) is 0 Å². The zero-order valence-electron chi connectivity index (χ0n) is 13.7. The molecule has 2 aliphatic rings. The quantitative estimate of drug-likeness (QED) is 0.924.